The van der Waals surface area contributed by atoms with Gasteiger partial charge in [0.05, 0.1) is 0 Å². The normalized spacial score (nSPS) is 24.1. The molecule has 2 heterocycles. The number of carbonyl (C=O) groups is 1. The summed E-state index contributed by atoms with van der Waals surface area (Å²) >= 11 is 9.24. The van der Waals surface area contributed by atoms with Gasteiger partial charge in [0, 0.05) is 29.1 Å². The zero-order valence-electron chi connectivity index (χ0n) is 9.57. The second-order valence-electron chi connectivity index (χ2n) is 4.35. The maximum Gasteiger partial charge on any atom is 0.272 e. The minimum Gasteiger partial charge on any atom is -0.333 e. The van der Waals surface area contributed by atoms with Crippen molar-refractivity contribution in [3.63, 3.8) is 0 Å². The van der Waals surface area contributed by atoms with Crippen molar-refractivity contribution in [3.05, 3.63) is 28.5 Å². The largest absolute Gasteiger partial charge is 0.333 e. The Morgan fingerprint density at radius 1 is 1.65 bits per heavy atom. The van der Waals surface area contributed by atoms with Gasteiger partial charge in [-0.1, -0.05) is 6.92 Å². The van der Waals surface area contributed by atoms with E-state index in [-0.39, 0.29) is 11.9 Å². The lowest BCUT2D eigenvalue weighted by molar-refractivity contribution is 0.0731. The fourth-order valence-corrected chi connectivity index (χ4v) is 2.85. The maximum absolute atomic E-state index is 12.3. The van der Waals surface area contributed by atoms with Crippen molar-refractivity contribution in [1.29, 1.82) is 0 Å². The molecule has 2 rings (SSSR count). The maximum atomic E-state index is 12.3. The highest BCUT2D eigenvalue weighted by atomic mass is 79.9. The number of rotatable bonds is 2. The fraction of sp³-hybridized carbons (Fsp3) is 0.500. The van der Waals surface area contributed by atoms with Crippen LogP contribution >= 0.6 is 27.5 Å². The zero-order valence-corrected chi connectivity index (χ0v) is 11.9. The molecule has 5 heteroatoms. The van der Waals surface area contributed by atoms with Crippen LogP contribution < -0.4 is 0 Å². The molecule has 1 amide bonds. The quantitative estimate of drug-likeness (QED) is 0.786. The molecule has 1 saturated heterocycles. The second kappa shape index (κ2) is 5.36. The van der Waals surface area contributed by atoms with Crippen molar-refractivity contribution >= 4 is 33.4 Å². The number of halogens is 2. The Bertz CT molecular complexity index is 409. The van der Waals surface area contributed by atoms with Crippen LogP contribution in [0.2, 0.25) is 0 Å². The summed E-state index contributed by atoms with van der Waals surface area (Å²) in [5.41, 5.74) is 0.484. The van der Waals surface area contributed by atoms with E-state index in [0.29, 0.717) is 17.5 Å². The van der Waals surface area contributed by atoms with Crippen LogP contribution in [0.1, 0.15) is 23.8 Å². The van der Waals surface area contributed by atoms with Gasteiger partial charge in [-0.05, 0) is 40.4 Å². The van der Waals surface area contributed by atoms with Gasteiger partial charge in [-0.2, -0.15) is 0 Å². The number of hydrogen-bond acceptors (Lipinski definition) is 2. The van der Waals surface area contributed by atoms with E-state index >= 15 is 0 Å². The molecule has 0 bridgehead atoms. The van der Waals surface area contributed by atoms with Gasteiger partial charge in [-0.15, -0.1) is 11.6 Å². The first-order valence-electron chi connectivity index (χ1n) is 5.62. The van der Waals surface area contributed by atoms with Gasteiger partial charge in [0.25, 0.3) is 5.91 Å². The van der Waals surface area contributed by atoms with Gasteiger partial charge in [0.1, 0.15) is 5.69 Å². The van der Waals surface area contributed by atoms with Gasteiger partial charge in [-0.25, -0.2) is 4.98 Å². The lowest BCUT2D eigenvalue weighted by Gasteiger charge is -2.24. The molecule has 2 unspecified atom stereocenters. The summed E-state index contributed by atoms with van der Waals surface area (Å²) in [6, 6.07) is 3.70. The Morgan fingerprint density at radius 3 is 3.00 bits per heavy atom. The van der Waals surface area contributed by atoms with Crippen LogP contribution in [0.25, 0.3) is 0 Å². The van der Waals surface area contributed by atoms with Gasteiger partial charge in [0.2, 0.25) is 0 Å². The predicted octanol–water partition coefficient (Wildman–Crippen LogP) is 2.93. The monoisotopic (exact) mass is 316 g/mol. The summed E-state index contributed by atoms with van der Waals surface area (Å²) < 4.78 is 0.873. The van der Waals surface area contributed by atoms with Gasteiger partial charge in [0.15, 0.2) is 0 Å². The van der Waals surface area contributed by atoms with Crippen LogP contribution in [0.5, 0.6) is 0 Å². The van der Waals surface area contributed by atoms with E-state index in [1.807, 2.05) is 11.0 Å². The van der Waals surface area contributed by atoms with E-state index in [9.17, 15) is 4.79 Å². The molecule has 1 aliphatic rings. The third-order valence-electron chi connectivity index (χ3n) is 3.25. The van der Waals surface area contributed by atoms with Crippen LogP contribution in [0.4, 0.5) is 0 Å². The van der Waals surface area contributed by atoms with Crippen LogP contribution in [0.15, 0.2) is 22.8 Å². The number of pyridine rings is 1. The summed E-state index contributed by atoms with van der Waals surface area (Å²) in [5.74, 6) is 0.933. The fourth-order valence-electron chi connectivity index (χ4n) is 2.15. The van der Waals surface area contributed by atoms with Crippen molar-refractivity contribution in [1.82, 2.24) is 9.88 Å². The highest BCUT2D eigenvalue weighted by molar-refractivity contribution is 9.10. The highest BCUT2D eigenvalue weighted by Crippen LogP contribution is 2.26. The summed E-state index contributed by atoms with van der Waals surface area (Å²) in [5, 5.41) is 0. The summed E-state index contributed by atoms with van der Waals surface area (Å²) in [4.78, 5) is 18.2. The molecule has 0 saturated carbocycles. The van der Waals surface area contributed by atoms with E-state index in [1.54, 1.807) is 12.3 Å². The molecule has 1 aromatic heterocycles. The molecule has 92 valence electrons. The minimum atomic E-state index is -0.0208. The van der Waals surface area contributed by atoms with Crippen LogP contribution in [0.3, 0.4) is 0 Å². The third kappa shape index (κ3) is 2.63. The molecule has 0 radical (unpaired) electrons. The first-order valence-corrected chi connectivity index (χ1v) is 6.94. The van der Waals surface area contributed by atoms with Gasteiger partial charge >= 0.3 is 0 Å². The van der Waals surface area contributed by atoms with Crippen molar-refractivity contribution < 1.29 is 4.79 Å². The Labute approximate surface area is 114 Å². The summed E-state index contributed by atoms with van der Waals surface area (Å²) in [7, 11) is 0. The average Bonchev–Trinajstić information content (AvgIpc) is 2.70. The average molecular weight is 318 g/mol. The first-order chi connectivity index (χ1) is 8.13. The topological polar surface area (TPSA) is 33.2 Å². The molecule has 1 fully saturated rings. The Balaban J connectivity index is 2.17. The Morgan fingerprint density at radius 2 is 2.41 bits per heavy atom. The van der Waals surface area contributed by atoms with E-state index in [4.69, 9.17) is 11.6 Å². The lowest BCUT2D eigenvalue weighted by Crippen LogP contribution is -2.39. The van der Waals surface area contributed by atoms with E-state index in [2.05, 4.69) is 27.8 Å². The molecular weight excluding hydrogens is 304 g/mol. The van der Waals surface area contributed by atoms with E-state index < -0.39 is 0 Å². The van der Waals surface area contributed by atoms with Gasteiger partial charge < -0.3 is 4.90 Å². The molecular formula is C12H14BrClN2O. The Kier molecular flexibility index (Phi) is 4.05. The third-order valence-corrected chi connectivity index (χ3v) is 4.03. The summed E-state index contributed by atoms with van der Waals surface area (Å²) in [6.07, 6.45) is 2.65. The van der Waals surface area contributed by atoms with Crippen LogP contribution in [-0.4, -0.2) is 34.3 Å². The molecule has 0 aromatic carbocycles. The standard InChI is InChI=1S/C12H14BrClN2O/c1-8-4-5-16(11(8)6-14)12(17)10-3-2-9(13)7-15-10/h2-3,7-8,11H,4-6H2,1H3. The molecule has 0 N–H and O–H groups in total. The summed E-state index contributed by atoms with van der Waals surface area (Å²) in [6.45, 7) is 2.91. The molecule has 1 aliphatic heterocycles. The van der Waals surface area contributed by atoms with Crippen LogP contribution in [0, 0.1) is 5.92 Å². The number of nitrogens with zero attached hydrogens (tertiary/aromatic N) is 2. The predicted molar refractivity (Wildman–Crippen MR) is 71.3 cm³/mol. The van der Waals surface area contributed by atoms with Crippen molar-refractivity contribution in [2.24, 2.45) is 5.92 Å². The number of aromatic nitrogens is 1. The first kappa shape index (κ1) is 12.8. The lowest BCUT2D eigenvalue weighted by atomic mass is 10.1. The SMILES string of the molecule is CC1CCN(C(=O)c2ccc(Br)cn2)C1CCl. The zero-order chi connectivity index (χ0) is 12.4. The highest BCUT2D eigenvalue weighted by Gasteiger charge is 2.34. The minimum absolute atomic E-state index is 0.0208. The molecule has 17 heavy (non-hydrogen) atoms. The smallest absolute Gasteiger partial charge is 0.272 e. The number of amides is 1. The molecule has 3 nitrogen and oxygen atoms in total. The number of carbonyl (C=O) groups excluding carboxylic acids is 1. The number of hydrogen-bond donors (Lipinski definition) is 0. The number of likely N-dealkylation sites (tertiary alicyclic amines) is 1. The van der Waals surface area contributed by atoms with Crippen molar-refractivity contribution in [2.75, 3.05) is 12.4 Å². The number of alkyl halides is 1. The molecule has 0 aliphatic carbocycles. The Hall–Kier alpha value is -0.610. The van der Waals surface area contributed by atoms with E-state index in [0.717, 1.165) is 17.4 Å². The molecule has 0 spiro atoms. The second-order valence-corrected chi connectivity index (χ2v) is 5.57. The van der Waals surface area contributed by atoms with Gasteiger partial charge in [-0.3, -0.25) is 4.79 Å². The van der Waals surface area contributed by atoms with E-state index in [1.165, 1.54) is 0 Å². The molecule has 1 aromatic rings. The van der Waals surface area contributed by atoms with Crippen molar-refractivity contribution in [2.45, 2.75) is 19.4 Å². The van der Waals surface area contributed by atoms with Crippen molar-refractivity contribution in [3.8, 4) is 0 Å². The molecule has 2 atom stereocenters. The van der Waals surface area contributed by atoms with Crippen LogP contribution in [-0.2, 0) is 0 Å².